The van der Waals surface area contributed by atoms with Crippen molar-refractivity contribution < 1.29 is 4.58 Å². The minimum atomic E-state index is 0.281. The lowest BCUT2D eigenvalue weighted by Gasteiger charge is -2.34. The molecule has 0 N–H and O–H groups in total. The van der Waals surface area contributed by atoms with Crippen LogP contribution in [0.25, 0.3) is 32.3 Å². The Morgan fingerprint density at radius 1 is 0.846 bits per heavy atom. The van der Waals surface area contributed by atoms with Crippen molar-refractivity contribution in [3.05, 3.63) is 72.8 Å². The Labute approximate surface area is 152 Å². The van der Waals surface area contributed by atoms with Crippen molar-refractivity contribution in [2.24, 2.45) is 0 Å². The molecule has 4 aromatic carbocycles. The fourth-order valence-electron chi connectivity index (χ4n) is 4.93. The molecule has 1 unspecified atom stereocenters. The maximum absolute atomic E-state index is 2.44. The SMILES string of the molecule is CN1c2c(c3cccc4ccc5cccc2c5c43)[N+](C)=C2C=CC=CC21. The lowest BCUT2D eigenvalue weighted by atomic mass is 9.89. The van der Waals surface area contributed by atoms with Gasteiger partial charge in [-0.25, -0.2) is 0 Å². The molecule has 0 fully saturated rings. The molecule has 1 aliphatic heterocycles. The molecule has 0 saturated heterocycles. The van der Waals surface area contributed by atoms with Gasteiger partial charge >= 0.3 is 0 Å². The zero-order valence-electron chi connectivity index (χ0n) is 14.9. The van der Waals surface area contributed by atoms with Crippen LogP contribution in [0.5, 0.6) is 0 Å². The third-order valence-electron chi connectivity index (χ3n) is 6.09. The molecule has 1 heterocycles. The van der Waals surface area contributed by atoms with E-state index in [1.807, 2.05) is 0 Å². The van der Waals surface area contributed by atoms with E-state index in [2.05, 4.69) is 96.4 Å². The third kappa shape index (κ3) is 1.55. The Morgan fingerprint density at radius 2 is 1.54 bits per heavy atom. The lowest BCUT2D eigenvalue weighted by molar-refractivity contribution is -0.404. The molecule has 0 spiro atoms. The van der Waals surface area contributed by atoms with Gasteiger partial charge in [0.2, 0.25) is 11.4 Å². The summed E-state index contributed by atoms with van der Waals surface area (Å²) < 4.78 is 2.39. The van der Waals surface area contributed by atoms with E-state index in [-0.39, 0.29) is 6.04 Å². The summed E-state index contributed by atoms with van der Waals surface area (Å²) in [6, 6.07) is 18.2. The molecule has 26 heavy (non-hydrogen) atoms. The number of hydrogen-bond donors (Lipinski definition) is 0. The predicted molar refractivity (Wildman–Crippen MR) is 111 cm³/mol. The number of hydrogen-bond acceptors (Lipinski definition) is 1. The second kappa shape index (κ2) is 4.73. The number of nitrogens with zero attached hydrogens (tertiary/aromatic N) is 2. The molecular formula is C24H19N2+. The Kier molecular flexibility index (Phi) is 2.56. The Morgan fingerprint density at radius 3 is 2.31 bits per heavy atom. The van der Waals surface area contributed by atoms with Crippen LogP contribution in [-0.4, -0.2) is 30.4 Å². The molecule has 4 aromatic rings. The van der Waals surface area contributed by atoms with Crippen LogP contribution in [0.4, 0.5) is 11.4 Å². The topological polar surface area (TPSA) is 6.25 Å². The first kappa shape index (κ1) is 14.1. The average Bonchev–Trinajstić information content (AvgIpc) is 2.70. The number of fused-ring (bicyclic) bond motifs is 4. The average molecular weight is 335 g/mol. The van der Waals surface area contributed by atoms with Crippen LogP contribution in [0.1, 0.15) is 0 Å². The van der Waals surface area contributed by atoms with Gasteiger partial charge in [-0.2, -0.15) is 4.58 Å². The van der Waals surface area contributed by atoms with E-state index in [0.717, 1.165) is 0 Å². The minimum absolute atomic E-state index is 0.281. The molecule has 2 nitrogen and oxygen atoms in total. The van der Waals surface area contributed by atoms with Crippen molar-refractivity contribution in [2.45, 2.75) is 6.04 Å². The highest BCUT2D eigenvalue weighted by Crippen LogP contribution is 2.48. The number of anilines is 1. The molecule has 124 valence electrons. The number of rotatable bonds is 0. The van der Waals surface area contributed by atoms with Crippen LogP contribution in [-0.2, 0) is 0 Å². The largest absolute Gasteiger partial charge is 0.353 e. The monoisotopic (exact) mass is 335 g/mol. The second-order valence-electron chi connectivity index (χ2n) is 7.35. The first-order valence-electron chi connectivity index (χ1n) is 9.13. The fraction of sp³-hybridized carbons (Fsp3) is 0.125. The van der Waals surface area contributed by atoms with Crippen LogP contribution in [0.15, 0.2) is 72.8 Å². The van der Waals surface area contributed by atoms with Gasteiger partial charge in [0.05, 0.1) is 5.39 Å². The van der Waals surface area contributed by atoms with Gasteiger partial charge in [-0.3, -0.25) is 0 Å². The molecule has 0 aromatic heterocycles. The summed E-state index contributed by atoms with van der Waals surface area (Å²) in [7, 11) is 4.43. The van der Waals surface area contributed by atoms with Gasteiger partial charge in [0, 0.05) is 23.9 Å². The maximum atomic E-state index is 2.44. The van der Waals surface area contributed by atoms with E-state index >= 15 is 0 Å². The van der Waals surface area contributed by atoms with Crippen molar-refractivity contribution >= 4 is 49.4 Å². The quantitative estimate of drug-likeness (QED) is 0.314. The molecule has 1 atom stereocenters. The number of benzene rings is 4. The van der Waals surface area contributed by atoms with Crippen molar-refractivity contribution in [1.29, 1.82) is 0 Å². The van der Waals surface area contributed by atoms with Gasteiger partial charge in [-0.1, -0.05) is 60.7 Å². The molecule has 2 heteroatoms. The molecular weight excluding hydrogens is 316 g/mol. The number of allylic oxidation sites excluding steroid dienone is 2. The molecule has 0 radical (unpaired) electrons. The van der Waals surface area contributed by atoms with E-state index < -0.39 is 0 Å². The number of likely N-dealkylation sites (N-methyl/N-ethyl adjacent to an activating group) is 1. The molecule has 1 aliphatic carbocycles. The summed E-state index contributed by atoms with van der Waals surface area (Å²) in [5.41, 5.74) is 3.98. The van der Waals surface area contributed by atoms with Gasteiger partial charge in [-0.15, -0.1) is 0 Å². The van der Waals surface area contributed by atoms with Crippen LogP contribution in [0.3, 0.4) is 0 Å². The maximum Gasteiger partial charge on any atom is 0.237 e. The minimum Gasteiger partial charge on any atom is -0.353 e. The van der Waals surface area contributed by atoms with E-state index in [1.54, 1.807) is 0 Å². The van der Waals surface area contributed by atoms with Crippen molar-refractivity contribution in [3.63, 3.8) is 0 Å². The zero-order chi connectivity index (χ0) is 17.4. The molecule has 0 amide bonds. The molecule has 0 saturated carbocycles. The molecule has 2 aliphatic rings. The van der Waals surface area contributed by atoms with Gasteiger partial charge in [0.1, 0.15) is 18.8 Å². The Balaban J connectivity index is 1.93. The summed E-state index contributed by atoms with van der Waals surface area (Å²) in [6.07, 6.45) is 8.82. The second-order valence-corrected chi connectivity index (χ2v) is 7.35. The highest BCUT2D eigenvalue weighted by Gasteiger charge is 2.37. The van der Waals surface area contributed by atoms with Crippen LogP contribution in [0, 0.1) is 0 Å². The molecule has 0 bridgehead atoms. The van der Waals surface area contributed by atoms with Crippen molar-refractivity contribution in [1.82, 2.24) is 0 Å². The van der Waals surface area contributed by atoms with Gasteiger partial charge in [-0.05, 0) is 22.2 Å². The fourth-order valence-corrected chi connectivity index (χ4v) is 4.93. The van der Waals surface area contributed by atoms with Gasteiger partial charge in [0.15, 0.2) is 0 Å². The van der Waals surface area contributed by atoms with Crippen molar-refractivity contribution in [2.75, 3.05) is 19.0 Å². The first-order chi connectivity index (χ1) is 12.8. The van der Waals surface area contributed by atoms with E-state index in [0.29, 0.717) is 0 Å². The summed E-state index contributed by atoms with van der Waals surface area (Å²) >= 11 is 0. The van der Waals surface area contributed by atoms with E-state index in [4.69, 9.17) is 0 Å². The summed E-state index contributed by atoms with van der Waals surface area (Å²) in [4.78, 5) is 2.44. The van der Waals surface area contributed by atoms with Crippen LogP contribution < -0.4 is 4.90 Å². The Hall–Kier alpha value is -3.13. The molecule has 6 rings (SSSR count). The summed E-state index contributed by atoms with van der Waals surface area (Å²) in [5, 5.41) is 8.09. The normalized spacial score (nSPS) is 19.0. The highest BCUT2D eigenvalue weighted by atomic mass is 15.2. The zero-order valence-corrected chi connectivity index (χ0v) is 14.9. The first-order valence-corrected chi connectivity index (χ1v) is 9.13. The van der Waals surface area contributed by atoms with E-state index in [1.165, 1.54) is 49.4 Å². The lowest BCUT2D eigenvalue weighted by Crippen LogP contribution is -2.44. The third-order valence-corrected chi connectivity index (χ3v) is 6.09. The van der Waals surface area contributed by atoms with Gasteiger partial charge < -0.3 is 4.90 Å². The van der Waals surface area contributed by atoms with E-state index in [9.17, 15) is 0 Å². The smallest absolute Gasteiger partial charge is 0.237 e. The van der Waals surface area contributed by atoms with Gasteiger partial charge in [0.25, 0.3) is 0 Å². The van der Waals surface area contributed by atoms with Crippen LogP contribution >= 0.6 is 0 Å². The highest BCUT2D eigenvalue weighted by molar-refractivity contribution is 6.30. The summed E-state index contributed by atoms with van der Waals surface area (Å²) in [5.74, 6) is 0. The Bertz CT molecular complexity index is 1310. The predicted octanol–water partition coefficient (Wildman–Crippen LogP) is 5.24. The van der Waals surface area contributed by atoms with Crippen molar-refractivity contribution in [3.8, 4) is 0 Å². The summed E-state index contributed by atoms with van der Waals surface area (Å²) in [6.45, 7) is 0. The van der Waals surface area contributed by atoms with Crippen LogP contribution in [0.2, 0.25) is 0 Å². The standard InChI is InChI=1S/C24H19N2/c1-25-19-11-3-4-12-20(19)26(2)24-18-10-6-8-16-14-13-15-7-5-9-17(23(24)25)21(15)22(16)18/h3-14,19H,1-2H3/q+1.